The predicted molar refractivity (Wildman–Crippen MR) is 118 cm³/mol. The second-order valence-corrected chi connectivity index (χ2v) is 8.53. The first-order chi connectivity index (χ1) is 14.9. The van der Waals surface area contributed by atoms with Crippen LogP contribution < -0.4 is 14.8 Å². The van der Waals surface area contributed by atoms with Gasteiger partial charge in [-0.2, -0.15) is 0 Å². The topological polar surface area (TPSA) is 93.2 Å². The Bertz CT molecular complexity index is 1370. The molecule has 0 amide bonds. The fourth-order valence-electron chi connectivity index (χ4n) is 2.81. The minimum Gasteiger partial charge on any atom is -0.497 e. The lowest BCUT2D eigenvalue weighted by Gasteiger charge is -2.14. The molecule has 0 saturated carbocycles. The Morgan fingerprint density at radius 2 is 1.58 bits per heavy atom. The molecule has 4 rings (SSSR count). The molecule has 3 aromatic carbocycles. The van der Waals surface area contributed by atoms with Crippen LogP contribution in [0, 0.1) is 5.82 Å². The number of sulfonamides is 1. The summed E-state index contributed by atoms with van der Waals surface area (Å²) in [5, 5.41) is 2.87. The molecule has 31 heavy (non-hydrogen) atoms. The summed E-state index contributed by atoms with van der Waals surface area (Å²) in [5.74, 6) is 0.0747. The number of methoxy groups -OCH3 is 1. The number of anilines is 3. The van der Waals surface area contributed by atoms with Gasteiger partial charge in [-0.3, -0.25) is 4.72 Å². The van der Waals surface area contributed by atoms with E-state index >= 15 is 0 Å². The van der Waals surface area contributed by atoms with E-state index in [0.29, 0.717) is 22.5 Å². The zero-order chi connectivity index (χ0) is 22.0. The van der Waals surface area contributed by atoms with E-state index in [9.17, 15) is 12.8 Å². The van der Waals surface area contributed by atoms with Crippen molar-refractivity contribution in [2.75, 3.05) is 17.1 Å². The zero-order valence-corrected chi connectivity index (χ0v) is 17.7. The van der Waals surface area contributed by atoms with Gasteiger partial charge in [-0.1, -0.05) is 23.7 Å². The van der Waals surface area contributed by atoms with E-state index < -0.39 is 15.8 Å². The summed E-state index contributed by atoms with van der Waals surface area (Å²) in [6.45, 7) is 0. The molecule has 0 aliphatic heterocycles. The number of fused-ring (bicyclic) bond motifs is 1. The third-order valence-electron chi connectivity index (χ3n) is 4.35. The van der Waals surface area contributed by atoms with E-state index in [2.05, 4.69) is 20.0 Å². The molecule has 4 aromatic rings. The van der Waals surface area contributed by atoms with Crippen LogP contribution in [0.1, 0.15) is 0 Å². The Morgan fingerprint density at radius 3 is 2.19 bits per heavy atom. The SMILES string of the molecule is COc1ccc(S(=O)(=O)Nc2nc3ccccc3nc2Nc2ccc(F)c(Cl)c2)cc1. The van der Waals surface area contributed by atoms with Crippen molar-refractivity contribution in [1.82, 2.24) is 9.97 Å². The minimum atomic E-state index is -3.97. The van der Waals surface area contributed by atoms with Gasteiger partial charge in [0.1, 0.15) is 11.6 Å². The standard InChI is InChI=1S/C21H16ClFN4O3S/c1-30-14-7-9-15(10-8-14)31(28,29)27-21-20(24-13-6-11-17(23)16(22)12-13)25-18-4-2-3-5-19(18)26-21/h2-12H,1H3,(H,24,25)(H,26,27). The van der Waals surface area contributed by atoms with Gasteiger partial charge in [-0.15, -0.1) is 0 Å². The third-order valence-corrected chi connectivity index (χ3v) is 6.00. The Hall–Kier alpha value is -3.43. The molecule has 0 unspecified atom stereocenters. The van der Waals surface area contributed by atoms with Gasteiger partial charge >= 0.3 is 0 Å². The third kappa shape index (κ3) is 4.52. The summed E-state index contributed by atoms with van der Waals surface area (Å²) < 4.78 is 46.9. The molecule has 1 heterocycles. The number of nitrogens with one attached hydrogen (secondary N) is 2. The molecule has 2 N–H and O–H groups in total. The fourth-order valence-corrected chi connectivity index (χ4v) is 4.00. The number of hydrogen-bond acceptors (Lipinski definition) is 6. The van der Waals surface area contributed by atoms with Crippen molar-refractivity contribution < 1.29 is 17.5 Å². The maximum Gasteiger partial charge on any atom is 0.263 e. The van der Waals surface area contributed by atoms with Gasteiger partial charge in [0.25, 0.3) is 10.0 Å². The highest BCUT2D eigenvalue weighted by Crippen LogP contribution is 2.29. The van der Waals surface area contributed by atoms with Crippen molar-refractivity contribution in [3.63, 3.8) is 0 Å². The number of halogens is 2. The number of aromatic nitrogens is 2. The van der Waals surface area contributed by atoms with Crippen molar-refractivity contribution >= 4 is 50.0 Å². The summed E-state index contributed by atoms with van der Waals surface area (Å²) in [7, 11) is -2.48. The first kappa shape index (κ1) is 20.8. The van der Waals surface area contributed by atoms with Crippen molar-refractivity contribution in [3.8, 4) is 5.75 Å². The van der Waals surface area contributed by atoms with Crippen molar-refractivity contribution in [2.45, 2.75) is 4.90 Å². The molecule has 0 saturated heterocycles. The highest BCUT2D eigenvalue weighted by molar-refractivity contribution is 7.92. The molecule has 0 fully saturated rings. The molecule has 0 radical (unpaired) electrons. The Kier molecular flexibility index (Phi) is 5.62. The van der Waals surface area contributed by atoms with E-state index in [1.165, 1.54) is 37.4 Å². The van der Waals surface area contributed by atoms with E-state index in [-0.39, 0.29) is 21.6 Å². The molecule has 7 nitrogen and oxygen atoms in total. The Labute approximate surface area is 182 Å². The van der Waals surface area contributed by atoms with Crippen LogP contribution in [-0.4, -0.2) is 25.5 Å². The second kappa shape index (κ2) is 8.37. The predicted octanol–water partition coefficient (Wildman–Crippen LogP) is 4.98. The summed E-state index contributed by atoms with van der Waals surface area (Å²) in [5.41, 5.74) is 1.46. The van der Waals surface area contributed by atoms with Gasteiger partial charge in [0.05, 0.1) is 28.1 Å². The van der Waals surface area contributed by atoms with Crippen LogP contribution in [0.5, 0.6) is 5.75 Å². The van der Waals surface area contributed by atoms with Gasteiger partial charge in [0.2, 0.25) is 0 Å². The van der Waals surface area contributed by atoms with Crippen LogP contribution in [0.15, 0.2) is 71.6 Å². The smallest absolute Gasteiger partial charge is 0.263 e. The van der Waals surface area contributed by atoms with Crippen molar-refractivity contribution in [1.29, 1.82) is 0 Å². The van der Waals surface area contributed by atoms with E-state index in [1.54, 1.807) is 36.4 Å². The van der Waals surface area contributed by atoms with Crippen LogP contribution in [0.25, 0.3) is 11.0 Å². The normalized spacial score (nSPS) is 11.3. The quantitative estimate of drug-likeness (QED) is 0.423. The number of benzene rings is 3. The lowest BCUT2D eigenvalue weighted by atomic mass is 10.3. The average Bonchev–Trinajstić information content (AvgIpc) is 2.76. The van der Waals surface area contributed by atoms with Crippen molar-refractivity contribution in [2.24, 2.45) is 0 Å². The molecule has 0 atom stereocenters. The molecule has 0 aliphatic rings. The maximum absolute atomic E-state index is 13.5. The van der Waals surface area contributed by atoms with E-state index in [4.69, 9.17) is 16.3 Å². The number of hydrogen-bond donors (Lipinski definition) is 2. The number of para-hydroxylation sites is 2. The second-order valence-electron chi connectivity index (χ2n) is 6.44. The van der Waals surface area contributed by atoms with Gasteiger partial charge in [-0.25, -0.2) is 22.8 Å². The van der Waals surface area contributed by atoms with Crippen LogP contribution >= 0.6 is 11.6 Å². The minimum absolute atomic E-state index is 0.0186. The first-order valence-electron chi connectivity index (χ1n) is 9.01. The van der Waals surface area contributed by atoms with Crippen LogP contribution in [-0.2, 0) is 10.0 Å². The largest absolute Gasteiger partial charge is 0.497 e. The molecule has 158 valence electrons. The molecule has 1 aromatic heterocycles. The Morgan fingerprint density at radius 1 is 0.935 bits per heavy atom. The summed E-state index contributed by atoms with van der Waals surface area (Å²) >= 11 is 5.85. The van der Waals surface area contributed by atoms with Gasteiger partial charge in [0.15, 0.2) is 11.6 Å². The maximum atomic E-state index is 13.5. The van der Waals surface area contributed by atoms with Gasteiger partial charge in [0, 0.05) is 5.69 Å². The van der Waals surface area contributed by atoms with Crippen LogP contribution in [0.3, 0.4) is 0 Å². The summed E-state index contributed by atoms with van der Waals surface area (Å²) in [6.07, 6.45) is 0. The molecular weight excluding hydrogens is 443 g/mol. The monoisotopic (exact) mass is 458 g/mol. The lowest BCUT2D eigenvalue weighted by Crippen LogP contribution is -2.16. The molecule has 0 bridgehead atoms. The average molecular weight is 459 g/mol. The van der Waals surface area contributed by atoms with Gasteiger partial charge < -0.3 is 10.1 Å². The summed E-state index contributed by atoms with van der Waals surface area (Å²) in [6, 6.07) is 17.0. The number of nitrogens with zero attached hydrogens (tertiary/aromatic N) is 2. The highest BCUT2D eigenvalue weighted by Gasteiger charge is 2.19. The van der Waals surface area contributed by atoms with E-state index in [1.807, 2.05) is 0 Å². The molecule has 0 spiro atoms. The highest BCUT2D eigenvalue weighted by atomic mass is 35.5. The van der Waals surface area contributed by atoms with Crippen LogP contribution in [0.4, 0.5) is 21.7 Å². The van der Waals surface area contributed by atoms with E-state index in [0.717, 1.165) is 0 Å². The van der Waals surface area contributed by atoms with Crippen molar-refractivity contribution in [3.05, 3.63) is 77.6 Å². The van der Waals surface area contributed by atoms with Gasteiger partial charge in [-0.05, 0) is 54.6 Å². The lowest BCUT2D eigenvalue weighted by molar-refractivity contribution is 0.414. The molecule has 0 aliphatic carbocycles. The first-order valence-corrected chi connectivity index (χ1v) is 10.9. The van der Waals surface area contributed by atoms with Crippen LogP contribution in [0.2, 0.25) is 5.02 Å². The fraction of sp³-hybridized carbons (Fsp3) is 0.0476. The molecular formula is C21H16ClFN4O3S. The number of rotatable bonds is 6. The Balaban J connectivity index is 1.75. The summed E-state index contributed by atoms with van der Waals surface area (Å²) in [4.78, 5) is 8.91. The molecule has 10 heteroatoms. The zero-order valence-electron chi connectivity index (χ0n) is 16.1. The number of ether oxygens (including phenoxy) is 1.